The molecule has 2 atom stereocenters. The summed E-state index contributed by atoms with van der Waals surface area (Å²) >= 11 is 0. The molecular formula is C20H18. The summed E-state index contributed by atoms with van der Waals surface area (Å²) in [5.74, 6) is 1.19. The van der Waals surface area contributed by atoms with Crippen molar-refractivity contribution in [1.29, 1.82) is 0 Å². The molecule has 0 amide bonds. The van der Waals surface area contributed by atoms with Crippen LogP contribution in [0, 0.1) is 11.8 Å². The molecule has 0 saturated carbocycles. The Bertz CT molecular complexity index is 600. The number of hydrogen-bond acceptors (Lipinski definition) is 0. The first-order valence-electron chi connectivity index (χ1n) is 7.46. The zero-order valence-corrected chi connectivity index (χ0v) is 11.5. The summed E-state index contributed by atoms with van der Waals surface area (Å²) < 4.78 is 0. The third-order valence-corrected chi connectivity index (χ3v) is 4.56. The van der Waals surface area contributed by atoms with Crippen LogP contribution in [0.25, 0.3) is 11.1 Å². The lowest BCUT2D eigenvalue weighted by Crippen LogP contribution is -2.20. The van der Waals surface area contributed by atoms with Gasteiger partial charge in [-0.2, -0.15) is 0 Å². The molecule has 2 bridgehead atoms. The van der Waals surface area contributed by atoms with Crippen LogP contribution in [0.2, 0.25) is 0 Å². The van der Waals surface area contributed by atoms with Gasteiger partial charge in [0.15, 0.2) is 0 Å². The Balaban J connectivity index is 1.72. The van der Waals surface area contributed by atoms with E-state index in [0.29, 0.717) is 11.8 Å². The van der Waals surface area contributed by atoms with Crippen molar-refractivity contribution in [3.63, 3.8) is 0 Å². The molecular weight excluding hydrogens is 240 g/mol. The lowest BCUT2D eigenvalue weighted by Gasteiger charge is -2.35. The monoisotopic (exact) mass is 258 g/mol. The number of benzene rings is 2. The van der Waals surface area contributed by atoms with Crippen LogP contribution in [0.4, 0.5) is 0 Å². The maximum Gasteiger partial charge on any atom is 0.00275 e. The van der Waals surface area contributed by atoms with E-state index >= 15 is 0 Å². The highest BCUT2D eigenvalue weighted by Crippen LogP contribution is 2.47. The summed E-state index contributed by atoms with van der Waals surface area (Å²) in [6, 6.07) is 21.7. The van der Waals surface area contributed by atoms with Crippen molar-refractivity contribution in [2.45, 2.75) is 12.8 Å². The average Bonchev–Trinajstić information content (AvgIpc) is 2.57. The normalized spacial score (nSPS) is 24.2. The summed E-state index contributed by atoms with van der Waals surface area (Å²) in [5, 5.41) is 0. The largest absolute Gasteiger partial charge is 0.0726 e. The van der Waals surface area contributed by atoms with Gasteiger partial charge in [-0.3, -0.25) is 0 Å². The highest BCUT2D eigenvalue weighted by molar-refractivity contribution is 5.82. The molecule has 2 aromatic carbocycles. The van der Waals surface area contributed by atoms with Gasteiger partial charge in [-0.05, 0) is 35.1 Å². The second-order valence-corrected chi connectivity index (χ2v) is 5.77. The Morgan fingerprint density at radius 1 is 0.550 bits per heavy atom. The second kappa shape index (κ2) is 4.79. The molecule has 3 aliphatic rings. The smallest absolute Gasteiger partial charge is 0.00275 e. The van der Waals surface area contributed by atoms with Crippen LogP contribution in [-0.2, 0) is 0 Å². The van der Waals surface area contributed by atoms with Gasteiger partial charge in [0, 0.05) is 11.8 Å². The highest BCUT2D eigenvalue weighted by atomic mass is 14.3. The van der Waals surface area contributed by atoms with Crippen LogP contribution < -0.4 is 0 Å². The van der Waals surface area contributed by atoms with Crippen molar-refractivity contribution in [2.75, 3.05) is 0 Å². The third-order valence-electron chi connectivity index (χ3n) is 4.56. The Kier molecular flexibility index (Phi) is 2.81. The summed E-state index contributed by atoms with van der Waals surface area (Å²) in [7, 11) is 0. The number of hydrogen-bond donors (Lipinski definition) is 0. The maximum atomic E-state index is 2.51. The minimum absolute atomic E-state index is 0.595. The van der Waals surface area contributed by atoms with E-state index in [0.717, 1.165) is 0 Å². The standard InChI is InChI=1S/C20H18/c1-3-7-15(8-4-1)19-13-18-12-11-17(19)14-20(18)16-9-5-2-6-10-16/h1-10,13-14,17-18H,11-12H2/t17-,18?/m1/s1. The molecule has 0 heteroatoms. The van der Waals surface area contributed by atoms with Crippen LogP contribution in [0.1, 0.15) is 24.0 Å². The van der Waals surface area contributed by atoms with Gasteiger partial charge in [-0.15, -0.1) is 0 Å². The predicted octanol–water partition coefficient (Wildman–Crippen LogP) is 5.19. The van der Waals surface area contributed by atoms with E-state index in [4.69, 9.17) is 0 Å². The minimum atomic E-state index is 0.595. The van der Waals surface area contributed by atoms with Gasteiger partial charge < -0.3 is 0 Å². The summed E-state index contributed by atoms with van der Waals surface area (Å²) in [6.45, 7) is 0. The first-order chi connectivity index (χ1) is 9.92. The maximum absolute atomic E-state index is 2.51. The van der Waals surface area contributed by atoms with Crippen LogP contribution in [0.3, 0.4) is 0 Å². The summed E-state index contributed by atoms with van der Waals surface area (Å²) in [5.41, 5.74) is 5.85. The SMILES string of the molecule is C1=C(c2ccccc2)C2C=C(c3ccccc3)[C@@H]1CC2. The van der Waals surface area contributed by atoms with Crippen molar-refractivity contribution >= 4 is 11.1 Å². The Labute approximate surface area is 120 Å². The molecule has 0 heterocycles. The van der Waals surface area contributed by atoms with E-state index in [-0.39, 0.29) is 0 Å². The van der Waals surface area contributed by atoms with Gasteiger partial charge in [-0.25, -0.2) is 0 Å². The number of fused-ring (bicyclic) bond motifs is 1. The molecule has 5 rings (SSSR count). The molecule has 0 aliphatic heterocycles. The molecule has 0 radical (unpaired) electrons. The second-order valence-electron chi connectivity index (χ2n) is 5.77. The topological polar surface area (TPSA) is 0 Å². The minimum Gasteiger partial charge on any atom is -0.0726 e. The molecule has 0 nitrogen and oxygen atoms in total. The fraction of sp³-hybridized carbons (Fsp3) is 0.200. The summed E-state index contributed by atoms with van der Waals surface area (Å²) in [6.07, 6.45) is 7.60. The van der Waals surface area contributed by atoms with Gasteiger partial charge >= 0.3 is 0 Å². The molecule has 0 N–H and O–H groups in total. The van der Waals surface area contributed by atoms with E-state index in [1.807, 2.05) is 0 Å². The van der Waals surface area contributed by atoms with Gasteiger partial charge in [0.25, 0.3) is 0 Å². The molecule has 0 spiro atoms. The first-order valence-corrected chi connectivity index (χ1v) is 7.46. The molecule has 0 fully saturated rings. The van der Waals surface area contributed by atoms with Gasteiger partial charge in [0.1, 0.15) is 0 Å². The van der Waals surface area contributed by atoms with E-state index in [9.17, 15) is 0 Å². The molecule has 98 valence electrons. The molecule has 20 heavy (non-hydrogen) atoms. The zero-order valence-electron chi connectivity index (χ0n) is 11.5. The third kappa shape index (κ3) is 1.92. The number of rotatable bonds is 2. The van der Waals surface area contributed by atoms with E-state index in [1.54, 1.807) is 0 Å². The molecule has 0 saturated heterocycles. The lowest BCUT2D eigenvalue weighted by molar-refractivity contribution is 0.556. The van der Waals surface area contributed by atoms with Gasteiger partial charge in [0.2, 0.25) is 0 Å². The lowest BCUT2D eigenvalue weighted by atomic mass is 9.69. The van der Waals surface area contributed by atoms with Crippen molar-refractivity contribution in [3.8, 4) is 0 Å². The van der Waals surface area contributed by atoms with Crippen LogP contribution >= 0.6 is 0 Å². The molecule has 1 unspecified atom stereocenters. The summed E-state index contributed by atoms with van der Waals surface area (Å²) in [4.78, 5) is 0. The molecule has 3 aliphatic carbocycles. The molecule has 0 aromatic heterocycles. The zero-order chi connectivity index (χ0) is 13.4. The van der Waals surface area contributed by atoms with Crippen LogP contribution in [-0.4, -0.2) is 0 Å². The highest BCUT2D eigenvalue weighted by Gasteiger charge is 2.30. The van der Waals surface area contributed by atoms with E-state index in [2.05, 4.69) is 72.8 Å². The number of allylic oxidation sites excluding steroid dienone is 4. The fourth-order valence-electron chi connectivity index (χ4n) is 3.58. The van der Waals surface area contributed by atoms with Crippen molar-refractivity contribution in [2.24, 2.45) is 11.8 Å². The fourth-order valence-corrected chi connectivity index (χ4v) is 3.58. The predicted molar refractivity (Wildman–Crippen MR) is 85.1 cm³/mol. The average molecular weight is 258 g/mol. The Morgan fingerprint density at radius 2 is 0.950 bits per heavy atom. The Hall–Kier alpha value is -2.08. The van der Waals surface area contributed by atoms with Gasteiger partial charge in [0.05, 0.1) is 0 Å². The molecule has 2 aromatic rings. The van der Waals surface area contributed by atoms with Gasteiger partial charge in [-0.1, -0.05) is 72.8 Å². The van der Waals surface area contributed by atoms with E-state index in [1.165, 1.54) is 35.1 Å². The quantitative estimate of drug-likeness (QED) is 0.695. The van der Waals surface area contributed by atoms with E-state index < -0.39 is 0 Å². The van der Waals surface area contributed by atoms with Crippen molar-refractivity contribution in [3.05, 3.63) is 83.9 Å². The van der Waals surface area contributed by atoms with Crippen LogP contribution in [0.15, 0.2) is 72.8 Å². The van der Waals surface area contributed by atoms with Crippen LogP contribution in [0.5, 0.6) is 0 Å². The van der Waals surface area contributed by atoms with Crippen molar-refractivity contribution in [1.82, 2.24) is 0 Å². The van der Waals surface area contributed by atoms with Crippen molar-refractivity contribution < 1.29 is 0 Å². The Morgan fingerprint density at radius 3 is 1.30 bits per heavy atom. The first kappa shape index (κ1) is 11.7.